The van der Waals surface area contributed by atoms with E-state index in [1.807, 2.05) is 0 Å². The van der Waals surface area contributed by atoms with Gasteiger partial charge in [0.2, 0.25) is 0 Å². The molecule has 0 heterocycles. The predicted octanol–water partition coefficient (Wildman–Crippen LogP) is -0.934. The Morgan fingerprint density at radius 2 is 1.14 bits per heavy atom. The largest absolute Gasteiger partial charge is 0.466 e. The van der Waals surface area contributed by atoms with Gasteiger partial charge in [0.15, 0.2) is 0 Å². The van der Waals surface area contributed by atoms with Gasteiger partial charge in [-0.15, -0.1) is 0 Å². The van der Waals surface area contributed by atoms with Crippen LogP contribution in [0.2, 0.25) is 0 Å². The van der Waals surface area contributed by atoms with Crippen LogP contribution in [0.5, 0.6) is 0 Å². The Bertz CT molecular complexity index is 57.8. The number of hydrogen-bond acceptors (Lipinski definition) is 1. The van der Waals surface area contributed by atoms with Crippen molar-refractivity contribution in [3.63, 3.8) is 0 Å². The zero-order valence-electron chi connectivity index (χ0n) is 3.14. The van der Waals surface area contributed by atoms with E-state index in [0.717, 1.165) is 0 Å². The van der Waals surface area contributed by atoms with E-state index in [-0.39, 0.29) is 48.6 Å². The van der Waals surface area contributed by atoms with Crippen LogP contribution in [0.3, 0.4) is 0 Å². The predicted molar refractivity (Wildman–Crippen MR) is 14.3 cm³/mol. The van der Waals surface area contributed by atoms with Crippen molar-refractivity contribution in [1.29, 1.82) is 0 Å². The van der Waals surface area contributed by atoms with Crippen LogP contribution in [0, 0.1) is 0 Å². The van der Waals surface area contributed by atoms with Gasteiger partial charge < -0.3 is 14.7 Å². The minimum Gasteiger partial charge on any atom is -0.303 e. The maximum Gasteiger partial charge on any atom is 0.466 e. The second-order valence-electron chi connectivity index (χ2n) is 0.513. The summed E-state index contributed by atoms with van der Waals surface area (Å²) in [6.07, 6.45) is 0. The molecule has 0 aromatic carbocycles. The second kappa shape index (κ2) is 5.86. The van der Waals surface area contributed by atoms with Crippen LogP contribution in [0.1, 0.15) is 0 Å². The fourth-order valence-corrected chi connectivity index (χ4v) is 0. The van der Waals surface area contributed by atoms with E-state index < -0.39 is 7.82 Å². The van der Waals surface area contributed by atoms with Crippen molar-refractivity contribution in [2.45, 2.75) is 0 Å². The van der Waals surface area contributed by atoms with Crippen LogP contribution < -0.4 is 0 Å². The van der Waals surface area contributed by atoms with Crippen molar-refractivity contribution in [3.05, 3.63) is 0 Å². The summed E-state index contributed by atoms with van der Waals surface area (Å²) < 4.78 is 8.88. The van der Waals surface area contributed by atoms with Gasteiger partial charge in [-0.2, -0.15) is 0 Å². The summed E-state index contributed by atoms with van der Waals surface area (Å²) in [5.74, 6) is 0. The van der Waals surface area contributed by atoms with E-state index in [1.165, 1.54) is 0 Å². The third-order valence-corrected chi connectivity index (χ3v) is 0. The Hall–Kier alpha value is 1.73. The Morgan fingerprint density at radius 1 is 1.14 bits per heavy atom. The fourth-order valence-electron chi connectivity index (χ4n) is 0. The summed E-state index contributed by atoms with van der Waals surface area (Å²) in [4.78, 5) is 21.6. The Kier molecular flexibility index (Phi) is 13.3. The first-order valence-corrected chi connectivity index (χ1v) is 2.35. The first-order valence-electron chi connectivity index (χ1n) is 0.783. The summed E-state index contributed by atoms with van der Waals surface area (Å²) in [5.41, 5.74) is 0. The van der Waals surface area contributed by atoms with Crippen molar-refractivity contribution >= 4 is 7.82 Å². The maximum absolute atomic E-state index is 8.88. The van der Waals surface area contributed by atoms with Crippen molar-refractivity contribution in [1.82, 2.24) is 0 Å². The van der Waals surface area contributed by atoms with E-state index in [2.05, 4.69) is 0 Å². The molecule has 0 aliphatic carbocycles. The summed E-state index contributed by atoms with van der Waals surface area (Å²) in [7, 11) is -4.64. The molecule has 0 saturated carbocycles. The van der Waals surface area contributed by atoms with Crippen molar-refractivity contribution in [2.75, 3.05) is 0 Å². The summed E-state index contributed by atoms with van der Waals surface area (Å²) in [6.45, 7) is 0. The molecule has 0 aliphatic rings. The second-order valence-corrected chi connectivity index (χ2v) is 1.54. The van der Waals surface area contributed by atoms with Gasteiger partial charge >= 0.3 is 7.82 Å². The minimum absolute atomic E-state index is 0. The molecule has 4 nitrogen and oxygen atoms in total. The molecule has 1 radical (unpaired) electrons. The van der Waals surface area contributed by atoms with Crippen molar-refractivity contribution in [2.24, 2.45) is 0 Å². The molecule has 0 aromatic rings. The summed E-state index contributed by atoms with van der Waals surface area (Å²) in [5, 5.41) is 0. The minimum atomic E-state index is -4.64. The molecule has 3 N–H and O–H groups in total. The van der Waals surface area contributed by atoms with Crippen molar-refractivity contribution in [3.8, 4) is 0 Å². The molecule has 7 heteroatoms. The van der Waals surface area contributed by atoms with Crippen LogP contribution in [0.15, 0.2) is 0 Å². The van der Waals surface area contributed by atoms with Gasteiger partial charge in [0.1, 0.15) is 0 Å². The van der Waals surface area contributed by atoms with Crippen LogP contribution >= 0.6 is 7.82 Å². The SMILES string of the molecule is O=P(O)(O)O.[Ta].[Zr]. The number of phosphoric acid groups is 1. The molecular weight excluding hydrogens is 367 g/mol. The molecule has 41 valence electrons. The van der Waals surface area contributed by atoms with E-state index in [9.17, 15) is 0 Å². The topological polar surface area (TPSA) is 77.8 Å². The molecule has 0 unspecified atom stereocenters. The fraction of sp³-hybridized carbons (Fsp3) is 0. The smallest absolute Gasteiger partial charge is 0.303 e. The Balaban J connectivity index is -0.0000000800. The van der Waals surface area contributed by atoms with Gasteiger partial charge in [-0.3, -0.25) is 0 Å². The summed E-state index contributed by atoms with van der Waals surface area (Å²) >= 11 is 0. The Morgan fingerprint density at radius 3 is 1.14 bits per heavy atom. The van der Waals surface area contributed by atoms with Gasteiger partial charge in [0.25, 0.3) is 0 Å². The number of hydrogen-bond donors (Lipinski definition) is 3. The number of rotatable bonds is 0. The quantitative estimate of drug-likeness (QED) is 0.482. The molecule has 0 amide bonds. The van der Waals surface area contributed by atoms with Crippen LogP contribution in [0.25, 0.3) is 0 Å². The maximum atomic E-state index is 8.88. The molecule has 0 fully saturated rings. The Labute approximate surface area is 75.2 Å². The molecule has 0 saturated heterocycles. The van der Waals surface area contributed by atoms with Gasteiger partial charge in [-0.25, -0.2) is 4.57 Å². The van der Waals surface area contributed by atoms with Gasteiger partial charge in [0.05, 0.1) is 0 Å². The van der Waals surface area contributed by atoms with E-state index in [0.29, 0.717) is 0 Å². The van der Waals surface area contributed by atoms with Gasteiger partial charge in [0, 0.05) is 48.6 Å². The molecule has 0 atom stereocenters. The summed E-state index contributed by atoms with van der Waals surface area (Å²) in [6, 6.07) is 0. The van der Waals surface area contributed by atoms with Crippen LogP contribution in [0.4, 0.5) is 0 Å². The standard InChI is InChI=1S/H3O4P.Ta.Zr/c1-5(2,3)4;;/h(H3,1,2,3,4);;. The zero-order valence-corrected chi connectivity index (χ0v) is 9.71. The normalized spacial score (nSPS) is 8.43. The van der Waals surface area contributed by atoms with Gasteiger partial charge in [-0.05, 0) is 0 Å². The van der Waals surface area contributed by atoms with Crippen LogP contribution in [-0.4, -0.2) is 14.7 Å². The van der Waals surface area contributed by atoms with E-state index in [1.54, 1.807) is 0 Å². The molecular formula is H3O4PTaZr. The molecule has 7 heavy (non-hydrogen) atoms. The monoisotopic (exact) mass is 369 g/mol. The average Bonchev–Trinajstić information content (AvgIpc) is 0.722. The van der Waals surface area contributed by atoms with Gasteiger partial charge in [-0.1, -0.05) is 0 Å². The molecule has 0 spiro atoms. The molecule has 0 rings (SSSR count). The van der Waals surface area contributed by atoms with E-state index >= 15 is 0 Å². The zero-order chi connectivity index (χ0) is 4.50. The average molecular weight is 370 g/mol. The van der Waals surface area contributed by atoms with Crippen molar-refractivity contribution < 1.29 is 67.8 Å². The van der Waals surface area contributed by atoms with Crippen LogP contribution in [-0.2, 0) is 53.1 Å². The third kappa shape index (κ3) is 84.6. The first-order chi connectivity index (χ1) is 2.00. The molecule has 0 aromatic heterocycles. The first kappa shape index (κ1) is 15.9. The molecule has 0 bridgehead atoms. The third-order valence-electron chi connectivity index (χ3n) is 0. The van der Waals surface area contributed by atoms with E-state index in [4.69, 9.17) is 19.2 Å². The molecule has 0 aliphatic heterocycles.